The Bertz CT molecular complexity index is 790. The maximum Gasteiger partial charge on any atom is 0.326 e. The van der Waals surface area contributed by atoms with E-state index in [1.807, 2.05) is 24.3 Å². The summed E-state index contributed by atoms with van der Waals surface area (Å²) in [6, 6.07) is 12.8. The van der Waals surface area contributed by atoms with Gasteiger partial charge in [0.15, 0.2) is 0 Å². The van der Waals surface area contributed by atoms with Crippen LogP contribution in [0.5, 0.6) is 0 Å². The quantitative estimate of drug-likeness (QED) is 0.588. The summed E-state index contributed by atoms with van der Waals surface area (Å²) in [4.78, 5) is 35.2. The van der Waals surface area contributed by atoms with Crippen molar-refractivity contribution in [3.8, 4) is 0 Å². The van der Waals surface area contributed by atoms with Crippen LogP contribution in [-0.4, -0.2) is 28.9 Å². The predicted octanol–water partition coefficient (Wildman–Crippen LogP) is 2.68. The molecule has 0 spiro atoms. The lowest BCUT2D eigenvalue weighted by Crippen LogP contribution is -2.42. The number of carbonyl (C=O) groups excluding carboxylic acids is 2. The molecule has 0 aliphatic carbocycles. The number of halogens is 1. The van der Waals surface area contributed by atoms with Gasteiger partial charge in [-0.2, -0.15) is 0 Å². The Morgan fingerprint density at radius 1 is 1.08 bits per heavy atom. The third-order valence-corrected chi connectivity index (χ3v) is 4.16. The van der Waals surface area contributed by atoms with Gasteiger partial charge in [-0.1, -0.05) is 24.3 Å². The Hall–Kier alpha value is -2.42. The first-order chi connectivity index (χ1) is 11.9. The van der Waals surface area contributed by atoms with Gasteiger partial charge < -0.3 is 15.7 Å². The van der Waals surface area contributed by atoms with E-state index in [1.54, 1.807) is 18.2 Å². The first kappa shape index (κ1) is 18.9. The molecule has 0 heterocycles. The zero-order valence-electron chi connectivity index (χ0n) is 13.5. The van der Waals surface area contributed by atoms with Crippen LogP contribution < -0.4 is 10.6 Å². The number of carboxylic acid groups (broad SMARTS) is 1. The Balaban J connectivity index is 2.17. The van der Waals surface area contributed by atoms with Gasteiger partial charge in [-0.15, -0.1) is 0 Å². The lowest BCUT2D eigenvalue weighted by molar-refractivity contribution is -0.139. The Morgan fingerprint density at radius 2 is 1.72 bits per heavy atom. The van der Waals surface area contributed by atoms with Crippen LogP contribution in [-0.2, 0) is 16.0 Å². The molecule has 2 aromatic carbocycles. The second-order valence-corrected chi connectivity index (χ2v) is 6.67. The normalized spacial score (nSPS) is 11.4. The molecule has 2 aromatic rings. The third-order valence-electron chi connectivity index (χ3n) is 3.44. The van der Waals surface area contributed by atoms with Crippen molar-refractivity contribution in [1.82, 2.24) is 5.32 Å². The number of rotatable bonds is 6. The molecule has 7 heteroatoms. The highest BCUT2D eigenvalue weighted by molar-refractivity contribution is 14.1. The molecule has 0 fully saturated rings. The minimum absolute atomic E-state index is 0.167. The highest BCUT2D eigenvalue weighted by atomic mass is 127. The van der Waals surface area contributed by atoms with Gasteiger partial charge in [0, 0.05) is 16.9 Å². The number of hydrogen-bond acceptors (Lipinski definition) is 3. The fourth-order valence-electron chi connectivity index (χ4n) is 2.27. The van der Waals surface area contributed by atoms with Crippen molar-refractivity contribution in [3.63, 3.8) is 0 Å². The molecule has 0 aliphatic heterocycles. The highest BCUT2D eigenvalue weighted by Crippen LogP contribution is 2.16. The number of amides is 2. The molecule has 0 unspecified atom stereocenters. The molecular formula is C18H17IN2O4. The lowest BCUT2D eigenvalue weighted by Gasteiger charge is -2.16. The van der Waals surface area contributed by atoms with Gasteiger partial charge >= 0.3 is 5.97 Å². The standard InChI is InChI=1S/C18H17IN2O4/c1-11(22)20-15-5-3-2-4-14(15)17(23)21-16(18(24)25)10-12-6-8-13(19)9-7-12/h2-9,16H,10H2,1H3,(H,20,22)(H,21,23)(H,24,25)/t16-/m1/s1. The molecule has 1 atom stereocenters. The zero-order valence-corrected chi connectivity index (χ0v) is 15.6. The Labute approximate surface area is 158 Å². The van der Waals surface area contributed by atoms with Gasteiger partial charge in [-0.25, -0.2) is 4.79 Å². The number of benzene rings is 2. The summed E-state index contributed by atoms with van der Waals surface area (Å²) in [7, 11) is 0. The molecule has 6 nitrogen and oxygen atoms in total. The summed E-state index contributed by atoms with van der Waals surface area (Å²) in [5.41, 5.74) is 1.36. The predicted molar refractivity (Wildman–Crippen MR) is 102 cm³/mol. The summed E-state index contributed by atoms with van der Waals surface area (Å²) in [6.45, 7) is 1.34. The summed E-state index contributed by atoms with van der Waals surface area (Å²) in [5, 5.41) is 14.5. The van der Waals surface area contributed by atoms with E-state index in [4.69, 9.17) is 0 Å². The topological polar surface area (TPSA) is 95.5 Å². The van der Waals surface area contributed by atoms with E-state index in [-0.39, 0.29) is 17.9 Å². The van der Waals surface area contributed by atoms with Crippen LogP contribution in [0.2, 0.25) is 0 Å². The van der Waals surface area contributed by atoms with E-state index in [2.05, 4.69) is 33.2 Å². The maximum atomic E-state index is 12.5. The fourth-order valence-corrected chi connectivity index (χ4v) is 2.63. The molecule has 2 rings (SSSR count). The zero-order chi connectivity index (χ0) is 18.4. The van der Waals surface area contributed by atoms with Crippen LogP contribution in [0.1, 0.15) is 22.8 Å². The molecule has 25 heavy (non-hydrogen) atoms. The number of carboxylic acids is 1. The molecule has 0 bridgehead atoms. The van der Waals surface area contributed by atoms with Gasteiger partial charge in [0.25, 0.3) is 5.91 Å². The van der Waals surface area contributed by atoms with Gasteiger partial charge in [0.1, 0.15) is 6.04 Å². The van der Waals surface area contributed by atoms with Gasteiger partial charge in [0.05, 0.1) is 11.3 Å². The molecule has 130 valence electrons. The number of aliphatic carboxylic acids is 1. The van der Waals surface area contributed by atoms with Crippen molar-refractivity contribution in [2.75, 3.05) is 5.32 Å². The minimum atomic E-state index is -1.12. The minimum Gasteiger partial charge on any atom is -0.480 e. The van der Waals surface area contributed by atoms with Crippen molar-refractivity contribution in [3.05, 3.63) is 63.2 Å². The van der Waals surface area contributed by atoms with Crippen LogP contribution >= 0.6 is 22.6 Å². The SMILES string of the molecule is CC(=O)Nc1ccccc1C(=O)N[C@H](Cc1ccc(I)cc1)C(=O)O. The Morgan fingerprint density at radius 3 is 2.32 bits per heavy atom. The van der Waals surface area contributed by atoms with E-state index >= 15 is 0 Å². The van der Waals surface area contributed by atoms with E-state index < -0.39 is 17.9 Å². The molecule has 0 radical (unpaired) electrons. The smallest absolute Gasteiger partial charge is 0.326 e. The van der Waals surface area contributed by atoms with E-state index in [0.717, 1.165) is 9.13 Å². The van der Waals surface area contributed by atoms with Gasteiger partial charge in [-0.3, -0.25) is 9.59 Å². The molecule has 0 saturated carbocycles. The Kier molecular flexibility index (Phi) is 6.51. The molecule has 2 amide bonds. The monoisotopic (exact) mass is 452 g/mol. The van der Waals surface area contributed by atoms with Crippen LogP contribution in [0.3, 0.4) is 0 Å². The molecule has 0 aliphatic rings. The van der Waals surface area contributed by atoms with Gasteiger partial charge in [0.2, 0.25) is 5.91 Å². The second kappa shape index (κ2) is 8.61. The number of para-hydroxylation sites is 1. The molecule has 0 aromatic heterocycles. The molecular weight excluding hydrogens is 435 g/mol. The van der Waals surface area contributed by atoms with Crippen molar-refractivity contribution in [1.29, 1.82) is 0 Å². The van der Waals surface area contributed by atoms with Crippen LogP contribution in [0.4, 0.5) is 5.69 Å². The third kappa shape index (κ3) is 5.56. The largest absolute Gasteiger partial charge is 0.480 e. The van der Waals surface area contributed by atoms with Crippen LogP contribution in [0.15, 0.2) is 48.5 Å². The van der Waals surface area contributed by atoms with E-state index in [1.165, 1.54) is 13.0 Å². The lowest BCUT2D eigenvalue weighted by atomic mass is 10.1. The van der Waals surface area contributed by atoms with E-state index in [0.29, 0.717) is 5.69 Å². The summed E-state index contributed by atoms with van der Waals surface area (Å²) in [5.74, 6) is -1.99. The number of anilines is 1. The molecule has 3 N–H and O–H groups in total. The number of hydrogen-bond donors (Lipinski definition) is 3. The van der Waals surface area contributed by atoms with E-state index in [9.17, 15) is 19.5 Å². The first-order valence-electron chi connectivity index (χ1n) is 7.51. The van der Waals surface area contributed by atoms with Gasteiger partial charge in [-0.05, 0) is 52.4 Å². The average molecular weight is 452 g/mol. The number of carbonyl (C=O) groups is 3. The van der Waals surface area contributed by atoms with Crippen molar-refractivity contribution in [2.24, 2.45) is 0 Å². The van der Waals surface area contributed by atoms with Crippen molar-refractivity contribution >= 4 is 46.1 Å². The first-order valence-corrected chi connectivity index (χ1v) is 8.59. The summed E-state index contributed by atoms with van der Waals surface area (Å²) in [6.07, 6.45) is 0.167. The van der Waals surface area contributed by atoms with Crippen molar-refractivity contribution < 1.29 is 19.5 Å². The molecule has 0 saturated heterocycles. The number of nitrogens with one attached hydrogen (secondary N) is 2. The second-order valence-electron chi connectivity index (χ2n) is 5.42. The van der Waals surface area contributed by atoms with Crippen LogP contribution in [0.25, 0.3) is 0 Å². The van der Waals surface area contributed by atoms with Crippen molar-refractivity contribution in [2.45, 2.75) is 19.4 Å². The average Bonchev–Trinajstić information content (AvgIpc) is 2.56. The summed E-state index contributed by atoms with van der Waals surface area (Å²) < 4.78 is 1.04. The highest BCUT2D eigenvalue weighted by Gasteiger charge is 2.22. The fraction of sp³-hybridized carbons (Fsp3) is 0.167. The summed E-state index contributed by atoms with van der Waals surface area (Å²) >= 11 is 2.16. The maximum absolute atomic E-state index is 12.5. The van der Waals surface area contributed by atoms with Crippen LogP contribution in [0, 0.1) is 3.57 Å².